The van der Waals surface area contributed by atoms with E-state index in [0.717, 1.165) is 6.54 Å². The second kappa shape index (κ2) is 7.84. The minimum absolute atomic E-state index is 0.539. The maximum Gasteiger partial charge on any atom is 0.488 e. The van der Waals surface area contributed by atoms with Gasteiger partial charge in [0.1, 0.15) is 0 Å². The van der Waals surface area contributed by atoms with Crippen LogP contribution in [-0.4, -0.2) is 47.2 Å². The molecule has 0 saturated heterocycles. The van der Waals surface area contributed by atoms with Crippen molar-refractivity contribution < 1.29 is 10.0 Å². The topological polar surface area (TPSA) is 43.7 Å². The summed E-state index contributed by atoms with van der Waals surface area (Å²) >= 11 is 1.88. The van der Waals surface area contributed by atoms with Crippen molar-refractivity contribution in [1.29, 1.82) is 0 Å². The molecule has 0 saturated carbocycles. The van der Waals surface area contributed by atoms with Crippen LogP contribution in [-0.2, 0) is 6.54 Å². The molecule has 1 rings (SSSR count). The molecule has 5 heteroatoms. The summed E-state index contributed by atoms with van der Waals surface area (Å²) in [6.07, 6.45) is 3.32. The van der Waals surface area contributed by atoms with Gasteiger partial charge in [-0.2, -0.15) is 11.8 Å². The van der Waals surface area contributed by atoms with Crippen molar-refractivity contribution >= 4 is 24.3 Å². The zero-order chi connectivity index (χ0) is 13.5. The van der Waals surface area contributed by atoms with Crippen LogP contribution in [0.4, 0.5) is 0 Å². The highest BCUT2D eigenvalue weighted by molar-refractivity contribution is 7.98. The van der Waals surface area contributed by atoms with Gasteiger partial charge in [-0.25, -0.2) is 0 Å². The molecule has 18 heavy (non-hydrogen) atoms. The van der Waals surface area contributed by atoms with E-state index in [2.05, 4.69) is 25.1 Å². The van der Waals surface area contributed by atoms with Crippen molar-refractivity contribution in [2.45, 2.75) is 25.9 Å². The van der Waals surface area contributed by atoms with Crippen LogP contribution in [0.1, 0.15) is 18.9 Å². The summed E-state index contributed by atoms with van der Waals surface area (Å²) in [6.45, 7) is 3.12. The van der Waals surface area contributed by atoms with Crippen LogP contribution >= 0.6 is 11.8 Å². The third kappa shape index (κ3) is 5.02. The zero-order valence-corrected chi connectivity index (χ0v) is 12.2. The average Bonchev–Trinajstić information content (AvgIpc) is 2.36. The first-order valence-electron chi connectivity index (χ1n) is 6.18. The summed E-state index contributed by atoms with van der Waals surface area (Å²) in [5, 5.41) is 18.0. The molecule has 0 radical (unpaired) electrons. The summed E-state index contributed by atoms with van der Waals surface area (Å²) in [6, 6.07) is 7.99. The molecule has 0 spiro atoms. The van der Waals surface area contributed by atoms with E-state index in [9.17, 15) is 0 Å². The second-order valence-electron chi connectivity index (χ2n) is 4.66. The Bertz CT molecular complexity index is 345. The molecule has 0 bridgehead atoms. The largest absolute Gasteiger partial charge is 0.488 e. The van der Waals surface area contributed by atoms with Gasteiger partial charge < -0.3 is 10.0 Å². The first kappa shape index (κ1) is 15.6. The lowest BCUT2D eigenvalue weighted by Crippen LogP contribution is -2.31. The quantitative estimate of drug-likeness (QED) is 0.722. The molecular weight excluding hydrogens is 245 g/mol. The van der Waals surface area contributed by atoms with Crippen LogP contribution in [0.3, 0.4) is 0 Å². The van der Waals surface area contributed by atoms with E-state index in [1.807, 2.05) is 23.9 Å². The molecule has 0 aliphatic carbocycles. The van der Waals surface area contributed by atoms with E-state index in [0.29, 0.717) is 11.5 Å². The summed E-state index contributed by atoms with van der Waals surface area (Å²) in [4.78, 5) is 2.32. The van der Waals surface area contributed by atoms with Gasteiger partial charge in [-0.15, -0.1) is 0 Å². The lowest BCUT2D eigenvalue weighted by Gasteiger charge is -2.24. The Balaban J connectivity index is 2.51. The molecule has 0 heterocycles. The van der Waals surface area contributed by atoms with Crippen molar-refractivity contribution in [2.75, 3.05) is 19.1 Å². The molecule has 100 valence electrons. The van der Waals surface area contributed by atoms with Crippen molar-refractivity contribution in [3.63, 3.8) is 0 Å². The third-order valence-electron chi connectivity index (χ3n) is 3.20. The zero-order valence-electron chi connectivity index (χ0n) is 11.3. The lowest BCUT2D eigenvalue weighted by atomic mass is 9.80. The predicted octanol–water partition coefficient (Wildman–Crippen LogP) is 0.940. The average molecular weight is 267 g/mol. The third-order valence-corrected chi connectivity index (χ3v) is 3.85. The van der Waals surface area contributed by atoms with Gasteiger partial charge in [0.2, 0.25) is 0 Å². The molecule has 0 aliphatic heterocycles. The molecule has 0 aromatic heterocycles. The van der Waals surface area contributed by atoms with Gasteiger partial charge in [0.25, 0.3) is 0 Å². The van der Waals surface area contributed by atoms with Gasteiger partial charge in [0, 0.05) is 12.6 Å². The Morgan fingerprint density at radius 2 is 1.89 bits per heavy atom. The summed E-state index contributed by atoms with van der Waals surface area (Å²) in [5.74, 6) is 1.18. The first-order valence-corrected chi connectivity index (χ1v) is 7.58. The van der Waals surface area contributed by atoms with Crippen molar-refractivity contribution in [3.8, 4) is 0 Å². The van der Waals surface area contributed by atoms with Gasteiger partial charge in [-0.05, 0) is 43.4 Å². The highest BCUT2D eigenvalue weighted by atomic mass is 32.2. The Hall–Kier alpha value is -0.485. The maximum absolute atomic E-state index is 9.02. The number of hydrogen-bond donors (Lipinski definition) is 2. The van der Waals surface area contributed by atoms with Crippen molar-refractivity contribution in [1.82, 2.24) is 4.90 Å². The molecule has 0 amide bonds. The lowest BCUT2D eigenvalue weighted by molar-refractivity contribution is 0.245. The van der Waals surface area contributed by atoms with E-state index in [-0.39, 0.29) is 0 Å². The van der Waals surface area contributed by atoms with E-state index in [4.69, 9.17) is 10.0 Å². The molecule has 2 N–H and O–H groups in total. The van der Waals surface area contributed by atoms with Crippen molar-refractivity contribution in [2.24, 2.45) is 0 Å². The monoisotopic (exact) mass is 267 g/mol. The standard InChI is InChI=1S/C13H22BNO2S/c1-11(8-9-18-3)15(2)10-12-4-6-13(7-5-12)14(16)17/h4-7,11,16-17H,8-10H2,1-3H3. The Morgan fingerprint density at radius 3 is 2.39 bits per heavy atom. The fraction of sp³-hybridized carbons (Fsp3) is 0.538. The van der Waals surface area contributed by atoms with Gasteiger partial charge in [-0.1, -0.05) is 24.3 Å². The SMILES string of the molecule is CSCCC(C)N(C)Cc1ccc(B(O)O)cc1. The normalized spacial score (nSPS) is 12.8. The molecule has 0 aliphatic rings. The fourth-order valence-corrected chi connectivity index (χ4v) is 2.32. The minimum atomic E-state index is -1.38. The van der Waals surface area contributed by atoms with Crippen LogP contribution in [0, 0.1) is 0 Å². The van der Waals surface area contributed by atoms with Crippen LogP contribution in [0.15, 0.2) is 24.3 Å². The highest BCUT2D eigenvalue weighted by Gasteiger charge is 2.12. The smallest absolute Gasteiger partial charge is 0.423 e. The van der Waals surface area contributed by atoms with Crippen molar-refractivity contribution in [3.05, 3.63) is 29.8 Å². The molecule has 3 nitrogen and oxygen atoms in total. The van der Waals surface area contributed by atoms with Gasteiger partial charge in [0.15, 0.2) is 0 Å². The molecule has 0 fully saturated rings. The summed E-state index contributed by atoms with van der Waals surface area (Å²) in [7, 11) is 0.747. The minimum Gasteiger partial charge on any atom is -0.423 e. The fourth-order valence-electron chi connectivity index (χ4n) is 1.75. The van der Waals surface area contributed by atoms with Crippen LogP contribution in [0.5, 0.6) is 0 Å². The van der Waals surface area contributed by atoms with E-state index in [1.165, 1.54) is 17.7 Å². The molecule has 1 atom stereocenters. The van der Waals surface area contributed by atoms with Gasteiger partial charge in [0.05, 0.1) is 0 Å². The Kier molecular flexibility index (Phi) is 6.78. The van der Waals surface area contributed by atoms with Crippen LogP contribution in [0.2, 0.25) is 0 Å². The van der Waals surface area contributed by atoms with Gasteiger partial charge in [-0.3, -0.25) is 4.90 Å². The molecular formula is C13H22BNO2S. The number of thioether (sulfide) groups is 1. The number of benzene rings is 1. The predicted molar refractivity (Wildman–Crippen MR) is 80.2 cm³/mol. The highest BCUT2D eigenvalue weighted by Crippen LogP contribution is 2.10. The number of rotatable bonds is 7. The first-order chi connectivity index (χ1) is 8.54. The molecule has 1 unspecified atom stereocenters. The van der Waals surface area contributed by atoms with E-state index >= 15 is 0 Å². The summed E-state index contributed by atoms with van der Waals surface area (Å²) in [5.41, 5.74) is 1.73. The molecule has 1 aromatic carbocycles. The second-order valence-corrected chi connectivity index (χ2v) is 5.65. The number of hydrogen-bond acceptors (Lipinski definition) is 4. The number of nitrogens with zero attached hydrogens (tertiary/aromatic N) is 1. The van der Waals surface area contributed by atoms with Crippen LogP contribution < -0.4 is 5.46 Å². The Morgan fingerprint density at radius 1 is 1.28 bits per heavy atom. The summed E-state index contributed by atoms with van der Waals surface area (Å²) < 4.78 is 0. The maximum atomic E-state index is 9.02. The van der Waals surface area contributed by atoms with E-state index in [1.54, 1.807) is 12.1 Å². The van der Waals surface area contributed by atoms with Gasteiger partial charge >= 0.3 is 7.12 Å². The van der Waals surface area contributed by atoms with E-state index < -0.39 is 7.12 Å². The molecule has 1 aromatic rings. The van der Waals surface area contributed by atoms with Crippen LogP contribution in [0.25, 0.3) is 0 Å². The Labute approximate surface area is 114 Å².